The highest BCUT2D eigenvalue weighted by Crippen LogP contribution is 2.66. The fourth-order valence-electron chi connectivity index (χ4n) is 2.02. The zero-order valence-electron chi connectivity index (χ0n) is 12.4. The third-order valence-electron chi connectivity index (χ3n) is 3.02. The first-order chi connectivity index (χ1) is 10.7. The Bertz CT molecular complexity index is 764. The molecule has 2 rings (SSSR count). The number of hydrogen-bond acceptors (Lipinski definition) is 5. The van der Waals surface area contributed by atoms with E-state index in [1.807, 2.05) is 0 Å². The van der Waals surface area contributed by atoms with Crippen molar-refractivity contribution in [1.29, 1.82) is 0 Å². The highest BCUT2D eigenvalue weighted by atomic mass is 32.1. The summed E-state index contributed by atoms with van der Waals surface area (Å²) in [7, 11) is -4.68. The summed E-state index contributed by atoms with van der Waals surface area (Å²) in [4.78, 5) is 11.0. The number of carboxylic acids is 1. The van der Waals surface area contributed by atoms with Crippen LogP contribution in [-0.4, -0.2) is 24.3 Å². The quantitative estimate of drug-likeness (QED) is 0.707. The molecule has 0 saturated carbocycles. The molecule has 0 aliphatic rings. The summed E-state index contributed by atoms with van der Waals surface area (Å²) in [6, 6.07) is 4.99. The Morgan fingerprint density at radius 1 is 1.26 bits per heavy atom. The van der Waals surface area contributed by atoms with E-state index in [1.165, 1.54) is 26.0 Å². The Labute approximate surface area is 135 Å². The van der Waals surface area contributed by atoms with Crippen molar-refractivity contribution < 1.29 is 32.3 Å². The molecule has 0 aliphatic heterocycles. The van der Waals surface area contributed by atoms with Crippen LogP contribution >= 0.6 is 18.9 Å². The lowest BCUT2D eigenvalue weighted by Crippen LogP contribution is -2.18. The van der Waals surface area contributed by atoms with Gasteiger partial charge in [-0.05, 0) is 31.4 Å². The predicted molar refractivity (Wildman–Crippen MR) is 83.5 cm³/mol. The molecule has 1 N–H and O–H groups in total. The van der Waals surface area contributed by atoms with E-state index in [-0.39, 0.29) is 18.1 Å². The van der Waals surface area contributed by atoms with Crippen LogP contribution in [0.5, 0.6) is 0 Å². The van der Waals surface area contributed by atoms with Crippen molar-refractivity contribution >= 4 is 35.0 Å². The zero-order valence-corrected chi connectivity index (χ0v) is 14.1. The van der Waals surface area contributed by atoms with Crippen molar-refractivity contribution in [2.75, 3.05) is 13.2 Å². The second-order valence-corrected chi connectivity index (χ2v) is 7.70. The predicted octanol–water partition coefficient (Wildman–Crippen LogP) is 4.91. The minimum absolute atomic E-state index is 0.0401. The maximum atomic E-state index is 14.6. The van der Waals surface area contributed by atoms with Gasteiger partial charge in [-0.1, -0.05) is 12.1 Å². The highest BCUT2D eigenvalue weighted by molar-refractivity contribution is 7.54. The molecule has 2 aromatic rings. The van der Waals surface area contributed by atoms with Gasteiger partial charge >= 0.3 is 19.2 Å². The van der Waals surface area contributed by atoms with E-state index in [0.29, 0.717) is 10.1 Å². The summed E-state index contributed by atoms with van der Waals surface area (Å²) in [5.74, 6) is -1.13. The number of benzene rings is 1. The van der Waals surface area contributed by atoms with Gasteiger partial charge in [-0.25, -0.2) is 4.79 Å². The Balaban J connectivity index is 2.51. The molecule has 0 saturated heterocycles. The van der Waals surface area contributed by atoms with E-state index in [2.05, 4.69) is 0 Å². The molecule has 23 heavy (non-hydrogen) atoms. The van der Waals surface area contributed by atoms with Gasteiger partial charge in [0.25, 0.3) is 0 Å². The molecular formula is C14H15F2O5PS. The second kappa shape index (κ2) is 6.65. The molecule has 0 radical (unpaired) electrons. The van der Waals surface area contributed by atoms with Crippen molar-refractivity contribution in [2.45, 2.75) is 19.5 Å². The number of thiophene rings is 1. The number of hydrogen-bond donors (Lipinski definition) is 1. The van der Waals surface area contributed by atoms with Gasteiger partial charge in [0, 0.05) is 10.3 Å². The van der Waals surface area contributed by atoms with Gasteiger partial charge in [-0.3, -0.25) is 4.57 Å². The van der Waals surface area contributed by atoms with Crippen LogP contribution < -0.4 is 0 Å². The highest BCUT2D eigenvalue weighted by Gasteiger charge is 2.54. The molecule has 1 aromatic heterocycles. The van der Waals surface area contributed by atoms with Gasteiger partial charge < -0.3 is 14.2 Å². The van der Waals surface area contributed by atoms with Crippen molar-refractivity contribution in [1.82, 2.24) is 0 Å². The van der Waals surface area contributed by atoms with Gasteiger partial charge in [0.2, 0.25) is 0 Å². The smallest absolute Gasteiger partial charge is 0.404 e. The molecule has 0 unspecified atom stereocenters. The van der Waals surface area contributed by atoms with Gasteiger partial charge in [0.05, 0.1) is 13.2 Å². The molecule has 0 spiro atoms. The minimum atomic E-state index is -4.68. The standard InChI is InChI=1S/C14H15F2O5PS/c1-3-20-22(19,21-4-2)14(15,16)10-6-5-9-7-12(13(17)18)23-11(9)8-10/h5-8H,3-4H2,1-2H3,(H,17,18). The van der Waals surface area contributed by atoms with Crippen LogP contribution in [0.3, 0.4) is 0 Å². The maximum absolute atomic E-state index is 14.6. The van der Waals surface area contributed by atoms with Gasteiger partial charge in [0.1, 0.15) is 4.88 Å². The molecule has 0 aliphatic carbocycles. The van der Waals surface area contributed by atoms with E-state index < -0.39 is 24.8 Å². The Morgan fingerprint density at radius 3 is 2.39 bits per heavy atom. The summed E-state index contributed by atoms with van der Waals surface area (Å²) in [6.07, 6.45) is 0. The first-order valence-corrected chi connectivity index (χ1v) is 9.15. The van der Waals surface area contributed by atoms with Crippen molar-refractivity contribution in [3.63, 3.8) is 0 Å². The average molecular weight is 364 g/mol. The van der Waals surface area contributed by atoms with E-state index in [1.54, 1.807) is 0 Å². The van der Waals surface area contributed by atoms with E-state index in [0.717, 1.165) is 23.5 Å². The fraction of sp³-hybridized carbons (Fsp3) is 0.357. The third kappa shape index (κ3) is 3.30. The number of halogens is 2. The topological polar surface area (TPSA) is 72.8 Å². The number of carboxylic acid groups (broad SMARTS) is 1. The van der Waals surface area contributed by atoms with E-state index in [9.17, 15) is 18.1 Å². The first-order valence-electron chi connectivity index (χ1n) is 6.79. The van der Waals surface area contributed by atoms with Crippen molar-refractivity contribution in [3.8, 4) is 0 Å². The fourth-order valence-corrected chi connectivity index (χ4v) is 4.50. The molecule has 1 aromatic carbocycles. The van der Waals surface area contributed by atoms with Crippen LogP contribution in [0.2, 0.25) is 0 Å². The van der Waals surface area contributed by atoms with Crippen LogP contribution in [0, 0.1) is 0 Å². The normalized spacial score (nSPS) is 12.7. The SMILES string of the molecule is CCOP(=O)(OCC)C(F)(F)c1ccc2cc(C(=O)O)sc2c1. The van der Waals surface area contributed by atoms with Crippen molar-refractivity contribution in [3.05, 3.63) is 34.7 Å². The summed E-state index contributed by atoms with van der Waals surface area (Å²) in [5, 5.41) is 9.48. The summed E-state index contributed by atoms with van der Waals surface area (Å²) >= 11 is 0.869. The number of fused-ring (bicyclic) bond motifs is 1. The van der Waals surface area contributed by atoms with Crippen LogP contribution in [-0.2, 0) is 19.3 Å². The van der Waals surface area contributed by atoms with Crippen LogP contribution in [0.15, 0.2) is 24.3 Å². The molecule has 0 atom stereocenters. The zero-order chi connectivity index (χ0) is 17.3. The number of rotatable bonds is 7. The monoisotopic (exact) mass is 364 g/mol. The first kappa shape index (κ1) is 18.0. The molecule has 1 heterocycles. The van der Waals surface area contributed by atoms with E-state index in [4.69, 9.17) is 14.2 Å². The molecule has 9 heteroatoms. The summed E-state index contributed by atoms with van der Waals surface area (Å²) in [6.45, 7) is 2.53. The summed E-state index contributed by atoms with van der Waals surface area (Å²) in [5.41, 5.74) is -4.37. The molecular weight excluding hydrogens is 349 g/mol. The van der Waals surface area contributed by atoms with Gasteiger partial charge in [-0.2, -0.15) is 8.78 Å². The van der Waals surface area contributed by atoms with Crippen LogP contribution in [0.4, 0.5) is 8.78 Å². The van der Waals surface area contributed by atoms with Crippen LogP contribution in [0.25, 0.3) is 10.1 Å². The lowest BCUT2D eigenvalue weighted by Gasteiger charge is -2.25. The molecule has 0 bridgehead atoms. The van der Waals surface area contributed by atoms with Gasteiger partial charge in [0.15, 0.2) is 0 Å². The van der Waals surface area contributed by atoms with E-state index >= 15 is 0 Å². The average Bonchev–Trinajstić information content (AvgIpc) is 2.90. The Morgan fingerprint density at radius 2 is 1.87 bits per heavy atom. The summed E-state index contributed by atoms with van der Waals surface area (Å²) < 4.78 is 51.5. The van der Waals surface area contributed by atoms with Crippen LogP contribution in [0.1, 0.15) is 29.1 Å². The molecule has 126 valence electrons. The third-order valence-corrected chi connectivity index (χ3v) is 6.25. The lowest BCUT2D eigenvalue weighted by atomic mass is 10.2. The number of aromatic carboxylic acids is 1. The molecule has 0 amide bonds. The lowest BCUT2D eigenvalue weighted by molar-refractivity contribution is 0.0362. The molecule has 0 fully saturated rings. The maximum Gasteiger partial charge on any atom is 0.404 e. The largest absolute Gasteiger partial charge is 0.477 e. The molecule has 5 nitrogen and oxygen atoms in total. The Kier molecular flexibility index (Phi) is 5.20. The number of alkyl halides is 2. The number of carbonyl (C=O) groups is 1. The second-order valence-electron chi connectivity index (χ2n) is 4.54. The minimum Gasteiger partial charge on any atom is -0.477 e. The van der Waals surface area contributed by atoms with Crippen molar-refractivity contribution in [2.24, 2.45) is 0 Å². The Hall–Kier alpha value is -1.34. The van der Waals surface area contributed by atoms with Gasteiger partial charge in [-0.15, -0.1) is 11.3 Å².